The number of carbonyl (C=O) groups is 2. The number of aromatic carboxylic acids is 1. The Morgan fingerprint density at radius 2 is 2.00 bits per heavy atom. The van der Waals surface area contributed by atoms with Crippen molar-refractivity contribution < 1.29 is 19.1 Å². The van der Waals surface area contributed by atoms with Gasteiger partial charge in [0, 0.05) is 6.54 Å². The van der Waals surface area contributed by atoms with Crippen LogP contribution < -0.4 is 10.6 Å². The number of unbranched alkanes of at least 4 members (excludes halogenated alkanes) is 1. The van der Waals surface area contributed by atoms with E-state index in [1.54, 1.807) is 0 Å². The minimum Gasteiger partial charge on any atom is -0.475 e. The molecule has 20 heavy (non-hydrogen) atoms. The average Bonchev–Trinajstić information content (AvgIpc) is 2.84. The predicted octanol–water partition coefficient (Wildman–Crippen LogP) is 2.60. The van der Waals surface area contributed by atoms with Gasteiger partial charge in [0.15, 0.2) is 0 Å². The summed E-state index contributed by atoms with van der Waals surface area (Å²) in [5, 5.41) is 14.1. The van der Waals surface area contributed by atoms with Gasteiger partial charge in [-0.05, 0) is 24.5 Å². The number of rotatable bonds is 8. The Morgan fingerprint density at radius 3 is 2.60 bits per heavy atom. The van der Waals surface area contributed by atoms with Crippen LogP contribution in [0.25, 0.3) is 0 Å². The van der Waals surface area contributed by atoms with Crippen LogP contribution >= 0.6 is 0 Å². The quantitative estimate of drug-likeness (QED) is 0.639. The fourth-order valence-electron chi connectivity index (χ4n) is 1.70. The third kappa shape index (κ3) is 6.26. The minimum atomic E-state index is -1.12. The lowest BCUT2D eigenvalue weighted by Crippen LogP contribution is -2.35. The first-order chi connectivity index (χ1) is 9.49. The number of hydrogen-bond acceptors (Lipinski definition) is 3. The molecular weight excluding hydrogens is 260 g/mol. The van der Waals surface area contributed by atoms with Crippen LogP contribution in [0.15, 0.2) is 16.5 Å². The van der Waals surface area contributed by atoms with E-state index in [0.29, 0.717) is 18.2 Å². The summed E-state index contributed by atoms with van der Waals surface area (Å²) in [6.07, 6.45) is 3.21. The van der Waals surface area contributed by atoms with Crippen molar-refractivity contribution in [2.45, 2.75) is 39.7 Å². The van der Waals surface area contributed by atoms with Crippen molar-refractivity contribution in [3.63, 3.8) is 0 Å². The van der Waals surface area contributed by atoms with Gasteiger partial charge < -0.3 is 20.2 Å². The number of carbonyl (C=O) groups excluding carboxylic acids is 1. The zero-order valence-electron chi connectivity index (χ0n) is 11.9. The molecule has 1 aromatic rings. The van der Waals surface area contributed by atoms with Crippen molar-refractivity contribution in [3.05, 3.63) is 23.7 Å². The van der Waals surface area contributed by atoms with Gasteiger partial charge in [0.1, 0.15) is 5.76 Å². The molecule has 0 aliphatic heterocycles. The van der Waals surface area contributed by atoms with Gasteiger partial charge in [-0.2, -0.15) is 0 Å². The van der Waals surface area contributed by atoms with Crippen LogP contribution in [0.1, 0.15) is 49.4 Å². The molecule has 0 saturated carbocycles. The normalized spacial score (nSPS) is 10.6. The van der Waals surface area contributed by atoms with Crippen molar-refractivity contribution in [2.75, 3.05) is 6.54 Å². The Balaban J connectivity index is 2.14. The zero-order chi connectivity index (χ0) is 15.0. The monoisotopic (exact) mass is 282 g/mol. The smallest absolute Gasteiger partial charge is 0.371 e. The summed E-state index contributed by atoms with van der Waals surface area (Å²) in [6.45, 7) is 5.16. The highest BCUT2D eigenvalue weighted by Gasteiger charge is 2.09. The Morgan fingerprint density at radius 1 is 1.25 bits per heavy atom. The maximum atomic E-state index is 11.5. The van der Waals surface area contributed by atoms with Crippen LogP contribution in [0.2, 0.25) is 0 Å². The summed E-state index contributed by atoms with van der Waals surface area (Å²) in [4.78, 5) is 22.1. The first-order valence-electron chi connectivity index (χ1n) is 6.82. The molecule has 0 radical (unpaired) electrons. The number of hydrogen-bond donors (Lipinski definition) is 3. The van der Waals surface area contributed by atoms with Gasteiger partial charge >= 0.3 is 12.0 Å². The van der Waals surface area contributed by atoms with Crippen LogP contribution in [0.5, 0.6) is 0 Å². The van der Waals surface area contributed by atoms with E-state index in [1.807, 2.05) is 0 Å². The molecule has 0 aromatic carbocycles. The van der Waals surface area contributed by atoms with E-state index in [-0.39, 0.29) is 18.3 Å². The number of nitrogens with one attached hydrogen (secondary N) is 2. The van der Waals surface area contributed by atoms with E-state index in [0.717, 1.165) is 19.3 Å². The number of furan rings is 1. The largest absolute Gasteiger partial charge is 0.475 e. The lowest BCUT2D eigenvalue weighted by molar-refractivity contribution is 0.0660. The Kier molecular flexibility index (Phi) is 6.63. The molecule has 1 heterocycles. The molecule has 0 bridgehead atoms. The standard InChI is InChI=1S/C14H22N2O4/c1-10(2)5-3-4-8-15-14(19)16-9-11-6-7-12(20-11)13(17)18/h6-7,10H,3-5,8-9H2,1-2H3,(H,17,18)(H2,15,16,19). The van der Waals surface area contributed by atoms with Gasteiger partial charge in [-0.25, -0.2) is 9.59 Å². The molecule has 2 amide bonds. The average molecular weight is 282 g/mol. The fraction of sp³-hybridized carbons (Fsp3) is 0.571. The van der Waals surface area contributed by atoms with Gasteiger partial charge in [0.05, 0.1) is 6.54 Å². The molecule has 6 nitrogen and oxygen atoms in total. The summed E-state index contributed by atoms with van der Waals surface area (Å²) >= 11 is 0. The molecule has 1 aromatic heterocycles. The summed E-state index contributed by atoms with van der Waals surface area (Å²) in [5.41, 5.74) is 0. The topological polar surface area (TPSA) is 91.6 Å². The van der Waals surface area contributed by atoms with Crippen LogP contribution in [0.3, 0.4) is 0 Å². The molecule has 0 fully saturated rings. The van der Waals surface area contributed by atoms with Crippen molar-refractivity contribution in [3.8, 4) is 0 Å². The zero-order valence-corrected chi connectivity index (χ0v) is 11.9. The molecular formula is C14H22N2O4. The number of carboxylic acid groups (broad SMARTS) is 1. The van der Waals surface area contributed by atoms with Gasteiger partial charge in [-0.15, -0.1) is 0 Å². The minimum absolute atomic E-state index is 0.129. The van der Waals surface area contributed by atoms with Crippen molar-refractivity contribution in [1.29, 1.82) is 0 Å². The first kappa shape index (κ1) is 16.1. The predicted molar refractivity (Wildman–Crippen MR) is 74.6 cm³/mol. The first-order valence-corrected chi connectivity index (χ1v) is 6.82. The highest BCUT2D eigenvalue weighted by atomic mass is 16.4. The van der Waals surface area contributed by atoms with Gasteiger partial charge in [-0.1, -0.05) is 26.7 Å². The Hall–Kier alpha value is -1.98. The number of amides is 2. The van der Waals surface area contributed by atoms with Gasteiger partial charge in [0.2, 0.25) is 5.76 Å². The molecule has 0 aliphatic carbocycles. The van der Waals surface area contributed by atoms with Crippen LogP contribution in [0, 0.1) is 5.92 Å². The summed E-state index contributed by atoms with van der Waals surface area (Å²) < 4.78 is 5.02. The molecule has 112 valence electrons. The van der Waals surface area contributed by atoms with Crippen molar-refractivity contribution in [1.82, 2.24) is 10.6 Å². The van der Waals surface area contributed by atoms with E-state index in [2.05, 4.69) is 24.5 Å². The van der Waals surface area contributed by atoms with Gasteiger partial charge in [0.25, 0.3) is 0 Å². The lowest BCUT2D eigenvalue weighted by atomic mass is 10.1. The number of carboxylic acids is 1. The molecule has 0 aliphatic rings. The molecule has 0 atom stereocenters. The maximum absolute atomic E-state index is 11.5. The second kappa shape index (κ2) is 8.24. The van der Waals surface area contributed by atoms with E-state index >= 15 is 0 Å². The van der Waals surface area contributed by atoms with Crippen LogP contribution in [0.4, 0.5) is 4.79 Å². The maximum Gasteiger partial charge on any atom is 0.371 e. The second-order valence-electron chi connectivity index (χ2n) is 5.07. The molecule has 0 unspecified atom stereocenters. The molecule has 6 heteroatoms. The SMILES string of the molecule is CC(C)CCCCNC(=O)NCc1ccc(C(=O)O)o1. The molecule has 0 saturated heterocycles. The van der Waals surface area contributed by atoms with Gasteiger partial charge in [-0.3, -0.25) is 0 Å². The fourth-order valence-corrected chi connectivity index (χ4v) is 1.70. The van der Waals surface area contributed by atoms with E-state index in [4.69, 9.17) is 9.52 Å². The van der Waals surface area contributed by atoms with Crippen molar-refractivity contribution in [2.24, 2.45) is 5.92 Å². The van der Waals surface area contributed by atoms with Crippen molar-refractivity contribution >= 4 is 12.0 Å². The molecule has 0 spiro atoms. The van der Waals surface area contributed by atoms with E-state index < -0.39 is 5.97 Å². The van der Waals surface area contributed by atoms with Crippen LogP contribution in [-0.2, 0) is 6.54 Å². The summed E-state index contributed by atoms with van der Waals surface area (Å²) in [7, 11) is 0. The van der Waals surface area contributed by atoms with E-state index in [1.165, 1.54) is 12.1 Å². The number of urea groups is 1. The van der Waals surface area contributed by atoms with Crippen LogP contribution in [-0.4, -0.2) is 23.7 Å². The molecule has 1 rings (SSSR count). The molecule has 3 N–H and O–H groups in total. The third-order valence-electron chi connectivity index (χ3n) is 2.79. The van der Waals surface area contributed by atoms with E-state index in [9.17, 15) is 9.59 Å². The summed E-state index contributed by atoms with van der Waals surface area (Å²) in [6, 6.07) is 2.62. The highest BCUT2D eigenvalue weighted by Crippen LogP contribution is 2.07. The summed E-state index contributed by atoms with van der Waals surface area (Å²) in [5.74, 6) is -0.148. The Bertz CT molecular complexity index is 440. The highest BCUT2D eigenvalue weighted by molar-refractivity contribution is 5.84. The Labute approximate surface area is 118 Å². The second-order valence-corrected chi connectivity index (χ2v) is 5.07. The lowest BCUT2D eigenvalue weighted by Gasteiger charge is -2.07. The third-order valence-corrected chi connectivity index (χ3v) is 2.79.